The number of nitrogens with zero attached hydrogens (tertiary/aromatic N) is 2. The number of likely N-dealkylation sites (N-methyl/N-ethyl adjacent to an activating group) is 1. The summed E-state index contributed by atoms with van der Waals surface area (Å²) in [7, 11) is 1.97. The Morgan fingerprint density at radius 1 is 1.50 bits per heavy atom. The molecule has 18 heavy (non-hydrogen) atoms. The van der Waals surface area contributed by atoms with Crippen molar-refractivity contribution in [3.63, 3.8) is 0 Å². The Hall–Kier alpha value is -1.86. The van der Waals surface area contributed by atoms with E-state index in [1.54, 1.807) is 18.2 Å². The third-order valence-electron chi connectivity index (χ3n) is 3.41. The van der Waals surface area contributed by atoms with Crippen LogP contribution >= 0.6 is 0 Å². The van der Waals surface area contributed by atoms with E-state index in [0.29, 0.717) is 23.8 Å². The molecule has 0 atom stereocenters. The summed E-state index contributed by atoms with van der Waals surface area (Å²) >= 11 is 0. The Kier molecular flexibility index (Phi) is 3.96. The van der Waals surface area contributed by atoms with Crippen LogP contribution in [0.4, 0.5) is 5.69 Å². The van der Waals surface area contributed by atoms with Crippen LogP contribution in [-0.4, -0.2) is 30.4 Å². The number of para-hydroxylation sites is 1. The number of nitrogens with one attached hydrogen (secondary N) is 1. The molecule has 0 radical (unpaired) electrons. The van der Waals surface area contributed by atoms with Crippen molar-refractivity contribution >= 4 is 11.6 Å². The predicted octanol–water partition coefficient (Wildman–Crippen LogP) is 1.98. The second kappa shape index (κ2) is 5.65. The van der Waals surface area contributed by atoms with Gasteiger partial charge in [0, 0.05) is 6.04 Å². The summed E-state index contributed by atoms with van der Waals surface area (Å²) in [5, 5.41) is 11.7. The van der Waals surface area contributed by atoms with Gasteiger partial charge in [0.2, 0.25) is 5.91 Å². The van der Waals surface area contributed by atoms with Gasteiger partial charge in [-0.1, -0.05) is 18.6 Å². The van der Waals surface area contributed by atoms with E-state index in [1.165, 1.54) is 19.3 Å². The van der Waals surface area contributed by atoms with Crippen LogP contribution in [-0.2, 0) is 4.79 Å². The highest BCUT2D eigenvalue weighted by Crippen LogP contribution is 2.23. The van der Waals surface area contributed by atoms with E-state index < -0.39 is 0 Å². The van der Waals surface area contributed by atoms with Crippen molar-refractivity contribution < 1.29 is 4.79 Å². The molecule has 0 unspecified atom stereocenters. The molecule has 4 heteroatoms. The maximum Gasteiger partial charge on any atom is 0.238 e. The first-order chi connectivity index (χ1) is 8.70. The summed E-state index contributed by atoms with van der Waals surface area (Å²) in [6, 6.07) is 9.66. The molecule has 0 aromatic heterocycles. The van der Waals surface area contributed by atoms with E-state index in [1.807, 2.05) is 13.1 Å². The molecule has 0 aliphatic heterocycles. The molecular weight excluding hydrogens is 226 g/mol. The zero-order chi connectivity index (χ0) is 13.0. The van der Waals surface area contributed by atoms with Crippen LogP contribution < -0.4 is 5.32 Å². The number of carbonyl (C=O) groups excluding carboxylic acids is 1. The summed E-state index contributed by atoms with van der Waals surface area (Å²) in [5.74, 6) is -0.0629. The standard InChI is InChI=1S/C14H17N3O/c1-17(12-6-4-7-12)10-14(18)16-13-8-3-2-5-11(13)9-15/h2-3,5,8,12H,4,6-7,10H2,1H3,(H,16,18). The Labute approximate surface area is 107 Å². The molecule has 1 amide bonds. The zero-order valence-corrected chi connectivity index (χ0v) is 10.5. The van der Waals surface area contributed by atoms with Crippen LogP contribution in [0.2, 0.25) is 0 Å². The average Bonchev–Trinajstić information content (AvgIpc) is 2.27. The van der Waals surface area contributed by atoms with Crippen molar-refractivity contribution in [2.75, 3.05) is 18.9 Å². The van der Waals surface area contributed by atoms with Gasteiger partial charge in [-0.3, -0.25) is 9.69 Å². The SMILES string of the molecule is CN(CC(=O)Nc1ccccc1C#N)C1CCC1. The molecule has 0 heterocycles. The normalized spacial score (nSPS) is 14.9. The van der Waals surface area contributed by atoms with Crippen molar-refractivity contribution in [3.8, 4) is 6.07 Å². The van der Waals surface area contributed by atoms with E-state index >= 15 is 0 Å². The molecule has 0 bridgehead atoms. The fourth-order valence-electron chi connectivity index (χ4n) is 2.06. The Bertz CT molecular complexity index is 474. The van der Waals surface area contributed by atoms with Crippen molar-refractivity contribution in [1.82, 2.24) is 4.90 Å². The van der Waals surface area contributed by atoms with Crippen LogP contribution in [0.15, 0.2) is 24.3 Å². The van der Waals surface area contributed by atoms with E-state index in [2.05, 4.69) is 16.3 Å². The monoisotopic (exact) mass is 243 g/mol. The minimum atomic E-state index is -0.0629. The predicted molar refractivity (Wildman–Crippen MR) is 70.1 cm³/mol. The third kappa shape index (κ3) is 2.88. The maximum atomic E-state index is 11.9. The first-order valence-electron chi connectivity index (χ1n) is 6.20. The lowest BCUT2D eigenvalue weighted by atomic mass is 9.92. The summed E-state index contributed by atoms with van der Waals surface area (Å²) < 4.78 is 0. The third-order valence-corrected chi connectivity index (χ3v) is 3.41. The Morgan fingerprint density at radius 2 is 2.22 bits per heavy atom. The lowest BCUT2D eigenvalue weighted by Gasteiger charge is -2.34. The first-order valence-corrected chi connectivity index (χ1v) is 6.20. The van der Waals surface area contributed by atoms with Crippen molar-refractivity contribution in [2.45, 2.75) is 25.3 Å². The molecule has 1 aromatic carbocycles. The number of amides is 1. The van der Waals surface area contributed by atoms with Crippen molar-refractivity contribution in [3.05, 3.63) is 29.8 Å². The van der Waals surface area contributed by atoms with Crippen LogP contribution in [0, 0.1) is 11.3 Å². The lowest BCUT2D eigenvalue weighted by Crippen LogP contribution is -2.41. The number of anilines is 1. The van der Waals surface area contributed by atoms with Gasteiger partial charge in [-0.15, -0.1) is 0 Å². The van der Waals surface area contributed by atoms with Gasteiger partial charge in [0.15, 0.2) is 0 Å². The van der Waals surface area contributed by atoms with Crippen LogP contribution in [0.1, 0.15) is 24.8 Å². The molecule has 1 aromatic rings. The van der Waals surface area contributed by atoms with Crippen molar-refractivity contribution in [1.29, 1.82) is 5.26 Å². The second-order valence-corrected chi connectivity index (χ2v) is 4.71. The summed E-state index contributed by atoms with van der Waals surface area (Å²) in [6.45, 7) is 0.379. The molecule has 1 N–H and O–H groups in total. The summed E-state index contributed by atoms with van der Waals surface area (Å²) in [4.78, 5) is 14.0. The lowest BCUT2D eigenvalue weighted by molar-refractivity contribution is -0.117. The molecule has 1 fully saturated rings. The fraction of sp³-hybridized carbons (Fsp3) is 0.429. The minimum Gasteiger partial charge on any atom is -0.324 e. The number of rotatable bonds is 4. The Balaban J connectivity index is 1.92. The number of hydrogen-bond acceptors (Lipinski definition) is 3. The average molecular weight is 243 g/mol. The summed E-state index contributed by atoms with van der Waals surface area (Å²) in [5.41, 5.74) is 1.09. The van der Waals surface area contributed by atoms with Crippen LogP contribution in [0.25, 0.3) is 0 Å². The molecule has 0 spiro atoms. The number of hydrogen-bond donors (Lipinski definition) is 1. The number of carbonyl (C=O) groups is 1. The van der Waals surface area contributed by atoms with Crippen LogP contribution in [0.3, 0.4) is 0 Å². The van der Waals surface area contributed by atoms with Gasteiger partial charge in [0.1, 0.15) is 6.07 Å². The molecule has 4 nitrogen and oxygen atoms in total. The molecule has 94 valence electrons. The fourth-order valence-corrected chi connectivity index (χ4v) is 2.06. The maximum absolute atomic E-state index is 11.9. The van der Waals surface area contributed by atoms with Crippen molar-refractivity contribution in [2.24, 2.45) is 0 Å². The van der Waals surface area contributed by atoms with E-state index in [9.17, 15) is 4.79 Å². The molecule has 1 saturated carbocycles. The van der Waals surface area contributed by atoms with Gasteiger partial charge < -0.3 is 5.32 Å². The second-order valence-electron chi connectivity index (χ2n) is 4.71. The number of nitriles is 1. The van der Waals surface area contributed by atoms with E-state index in [0.717, 1.165) is 0 Å². The Morgan fingerprint density at radius 3 is 2.83 bits per heavy atom. The smallest absolute Gasteiger partial charge is 0.238 e. The molecular formula is C14H17N3O. The highest BCUT2D eigenvalue weighted by molar-refractivity contribution is 5.93. The van der Waals surface area contributed by atoms with Gasteiger partial charge in [-0.2, -0.15) is 5.26 Å². The first kappa shape index (κ1) is 12.6. The minimum absolute atomic E-state index is 0.0629. The molecule has 2 rings (SSSR count). The topological polar surface area (TPSA) is 56.1 Å². The van der Waals surface area contributed by atoms with Gasteiger partial charge in [-0.05, 0) is 32.0 Å². The van der Waals surface area contributed by atoms with Gasteiger partial charge in [0.25, 0.3) is 0 Å². The van der Waals surface area contributed by atoms with E-state index in [-0.39, 0.29) is 5.91 Å². The summed E-state index contributed by atoms with van der Waals surface area (Å²) in [6.07, 6.45) is 3.62. The highest BCUT2D eigenvalue weighted by Gasteiger charge is 2.23. The number of benzene rings is 1. The van der Waals surface area contributed by atoms with E-state index in [4.69, 9.17) is 5.26 Å². The van der Waals surface area contributed by atoms with Gasteiger partial charge in [0.05, 0.1) is 17.8 Å². The molecule has 1 aliphatic carbocycles. The largest absolute Gasteiger partial charge is 0.324 e. The van der Waals surface area contributed by atoms with Crippen LogP contribution in [0.5, 0.6) is 0 Å². The molecule has 1 aliphatic rings. The molecule has 0 saturated heterocycles. The highest BCUT2D eigenvalue weighted by atomic mass is 16.2. The van der Waals surface area contributed by atoms with Gasteiger partial charge >= 0.3 is 0 Å². The zero-order valence-electron chi connectivity index (χ0n) is 10.5. The quantitative estimate of drug-likeness (QED) is 0.879. The van der Waals surface area contributed by atoms with Gasteiger partial charge in [-0.25, -0.2) is 0 Å².